The van der Waals surface area contributed by atoms with Crippen molar-refractivity contribution in [2.75, 3.05) is 13.7 Å². The standard InChI is InChI=1S/C16H18N2O4S/c1-10-11(5-6-12(17-10)14-4-3-9-23-14)15(19)18-13(16(20)21)7-8-22-2/h3-6,9,13H,7-8H2,1-2H3,(H,18,19)(H,20,21). The number of carbonyl (C=O) groups is 2. The minimum atomic E-state index is -1.09. The van der Waals surface area contributed by atoms with E-state index in [1.807, 2.05) is 17.5 Å². The number of amides is 1. The first-order valence-corrected chi connectivity index (χ1v) is 7.95. The zero-order chi connectivity index (χ0) is 16.8. The Morgan fingerprint density at radius 1 is 1.39 bits per heavy atom. The lowest BCUT2D eigenvalue weighted by Crippen LogP contribution is -2.41. The molecule has 0 saturated carbocycles. The van der Waals surface area contributed by atoms with Crippen LogP contribution >= 0.6 is 11.3 Å². The van der Waals surface area contributed by atoms with E-state index in [1.165, 1.54) is 7.11 Å². The second-order valence-electron chi connectivity index (χ2n) is 4.95. The van der Waals surface area contributed by atoms with Gasteiger partial charge >= 0.3 is 5.97 Å². The van der Waals surface area contributed by atoms with Gasteiger partial charge in [0.1, 0.15) is 6.04 Å². The Hall–Kier alpha value is -2.25. The summed E-state index contributed by atoms with van der Waals surface area (Å²) in [4.78, 5) is 28.9. The van der Waals surface area contributed by atoms with Crippen LogP contribution in [-0.4, -0.2) is 41.7 Å². The molecule has 2 heterocycles. The molecule has 0 bridgehead atoms. The van der Waals surface area contributed by atoms with E-state index in [-0.39, 0.29) is 13.0 Å². The van der Waals surface area contributed by atoms with E-state index in [2.05, 4.69) is 10.3 Å². The highest BCUT2D eigenvalue weighted by Gasteiger charge is 2.21. The van der Waals surface area contributed by atoms with Crippen LogP contribution in [0.5, 0.6) is 0 Å². The first-order chi connectivity index (χ1) is 11.0. The molecule has 2 N–H and O–H groups in total. The van der Waals surface area contributed by atoms with Crippen LogP contribution in [0.1, 0.15) is 22.5 Å². The first kappa shape index (κ1) is 17.1. The molecule has 6 nitrogen and oxygen atoms in total. The van der Waals surface area contributed by atoms with Crippen molar-refractivity contribution in [3.63, 3.8) is 0 Å². The van der Waals surface area contributed by atoms with Crippen molar-refractivity contribution in [2.24, 2.45) is 0 Å². The van der Waals surface area contributed by atoms with E-state index >= 15 is 0 Å². The summed E-state index contributed by atoms with van der Waals surface area (Å²) in [6, 6.07) is 6.34. The highest BCUT2D eigenvalue weighted by atomic mass is 32.1. The second-order valence-corrected chi connectivity index (χ2v) is 5.90. The fourth-order valence-corrected chi connectivity index (χ4v) is 2.79. The van der Waals surface area contributed by atoms with Gasteiger partial charge in [0.25, 0.3) is 5.91 Å². The first-order valence-electron chi connectivity index (χ1n) is 7.07. The summed E-state index contributed by atoms with van der Waals surface area (Å²) in [5.41, 5.74) is 1.72. The number of thiophene rings is 1. The Labute approximate surface area is 138 Å². The number of carboxylic acids is 1. The van der Waals surface area contributed by atoms with Gasteiger partial charge < -0.3 is 15.2 Å². The molecule has 23 heavy (non-hydrogen) atoms. The quantitative estimate of drug-likeness (QED) is 0.811. The average molecular weight is 334 g/mol. The third-order valence-corrected chi connectivity index (χ3v) is 4.21. The van der Waals surface area contributed by atoms with Gasteiger partial charge in [-0.05, 0) is 30.5 Å². The summed E-state index contributed by atoms with van der Waals surface area (Å²) in [6.45, 7) is 1.99. The molecule has 0 aromatic carbocycles. The number of methoxy groups -OCH3 is 1. The number of hydrogen-bond donors (Lipinski definition) is 2. The molecule has 2 rings (SSSR count). The van der Waals surface area contributed by atoms with Crippen LogP contribution in [0, 0.1) is 6.92 Å². The normalized spacial score (nSPS) is 11.9. The number of aryl methyl sites for hydroxylation is 1. The van der Waals surface area contributed by atoms with Crippen molar-refractivity contribution in [1.29, 1.82) is 0 Å². The highest BCUT2D eigenvalue weighted by molar-refractivity contribution is 7.13. The Kier molecular flexibility index (Phi) is 5.84. The zero-order valence-corrected chi connectivity index (χ0v) is 13.7. The van der Waals surface area contributed by atoms with Gasteiger partial charge in [-0.15, -0.1) is 11.3 Å². The minimum absolute atomic E-state index is 0.206. The molecule has 0 aliphatic heterocycles. The number of pyridine rings is 1. The third-order valence-electron chi connectivity index (χ3n) is 3.32. The number of carboxylic acid groups (broad SMARTS) is 1. The van der Waals surface area contributed by atoms with Crippen LogP contribution in [0.15, 0.2) is 29.6 Å². The highest BCUT2D eigenvalue weighted by Crippen LogP contribution is 2.23. The molecule has 7 heteroatoms. The molecular weight excluding hydrogens is 316 g/mol. The van der Waals surface area contributed by atoms with Gasteiger partial charge in [0.2, 0.25) is 0 Å². The Morgan fingerprint density at radius 2 is 2.17 bits per heavy atom. The number of rotatable bonds is 7. The van der Waals surface area contributed by atoms with E-state index in [4.69, 9.17) is 9.84 Å². The fourth-order valence-electron chi connectivity index (χ4n) is 2.09. The molecule has 0 aliphatic rings. The van der Waals surface area contributed by atoms with Gasteiger partial charge in [-0.25, -0.2) is 4.79 Å². The molecule has 0 radical (unpaired) electrons. The van der Waals surface area contributed by atoms with Crippen molar-refractivity contribution in [2.45, 2.75) is 19.4 Å². The number of carbonyl (C=O) groups excluding carboxylic acids is 1. The van der Waals surface area contributed by atoms with E-state index in [1.54, 1.807) is 30.4 Å². The van der Waals surface area contributed by atoms with Crippen LogP contribution in [-0.2, 0) is 9.53 Å². The Morgan fingerprint density at radius 3 is 2.74 bits per heavy atom. The predicted octanol–water partition coefficient (Wildman–Crippen LogP) is 2.34. The van der Waals surface area contributed by atoms with Crippen molar-refractivity contribution < 1.29 is 19.4 Å². The maximum Gasteiger partial charge on any atom is 0.326 e. The van der Waals surface area contributed by atoms with Crippen molar-refractivity contribution >= 4 is 23.2 Å². The summed E-state index contributed by atoms with van der Waals surface area (Å²) < 4.78 is 4.86. The molecular formula is C16H18N2O4S. The summed E-state index contributed by atoms with van der Waals surface area (Å²) >= 11 is 1.57. The Balaban J connectivity index is 2.14. The summed E-state index contributed by atoms with van der Waals surface area (Å²) in [6.07, 6.45) is 0.206. The lowest BCUT2D eigenvalue weighted by atomic mass is 10.1. The van der Waals surface area contributed by atoms with Gasteiger partial charge in [0.05, 0.1) is 21.8 Å². The topological polar surface area (TPSA) is 88.5 Å². The lowest BCUT2D eigenvalue weighted by Gasteiger charge is -2.15. The second kappa shape index (κ2) is 7.85. The molecule has 0 aliphatic carbocycles. The number of hydrogen-bond acceptors (Lipinski definition) is 5. The van der Waals surface area contributed by atoms with Gasteiger partial charge in [-0.1, -0.05) is 6.07 Å². The van der Waals surface area contributed by atoms with Gasteiger partial charge in [-0.2, -0.15) is 0 Å². The molecule has 2 aromatic rings. The minimum Gasteiger partial charge on any atom is -0.480 e. The smallest absolute Gasteiger partial charge is 0.326 e. The van der Waals surface area contributed by atoms with Crippen LogP contribution in [0.4, 0.5) is 0 Å². The van der Waals surface area contributed by atoms with Gasteiger partial charge in [-0.3, -0.25) is 9.78 Å². The molecule has 2 aromatic heterocycles. The number of aromatic nitrogens is 1. The molecule has 0 spiro atoms. The van der Waals surface area contributed by atoms with E-state index in [9.17, 15) is 9.59 Å². The Bertz CT molecular complexity index is 685. The zero-order valence-electron chi connectivity index (χ0n) is 12.9. The molecule has 122 valence electrons. The van der Waals surface area contributed by atoms with Crippen molar-refractivity contribution in [3.05, 3.63) is 40.9 Å². The molecule has 0 saturated heterocycles. The summed E-state index contributed by atoms with van der Waals surface area (Å²) in [5, 5.41) is 13.6. The lowest BCUT2D eigenvalue weighted by molar-refractivity contribution is -0.139. The van der Waals surface area contributed by atoms with Crippen molar-refractivity contribution in [3.8, 4) is 10.6 Å². The van der Waals surface area contributed by atoms with Crippen LogP contribution in [0.25, 0.3) is 10.6 Å². The largest absolute Gasteiger partial charge is 0.480 e. The number of nitrogens with one attached hydrogen (secondary N) is 1. The van der Waals surface area contributed by atoms with Gasteiger partial charge in [0, 0.05) is 20.1 Å². The van der Waals surface area contributed by atoms with Crippen LogP contribution < -0.4 is 5.32 Å². The molecule has 1 atom stereocenters. The van der Waals surface area contributed by atoms with Crippen LogP contribution in [0.3, 0.4) is 0 Å². The molecule has 1 amide bonds. The fraction of sp³-hybridized carbons (Fsp3) is 0.312. The average Bonchev–Trinajstić information content (AvgIpc) is 3.05. The molecule has 1 unspecified atom stereocenters. The predicted molar refractivity (Wildman–Crippen MR) is 87.7 cm³/mol. The summed E-state index contributed by atoms with van der Waals surface area (Å²) in [5.74, 6) is -1.53. The monoisotopic (exact) mass is 334 g/mol. The number of nitrogens with zero attached hydrogens (tertiary/aromatic N) is 1. The summed E-state index contributed by atoms with van der Waals surface area (Å²) in [7, 11) is 1.48. The number of ether oxygens (including phenoxy) is 1. The maximum absolute atomic E-state index is 12.3. The van der Waals surface area contributed by atoms with E-state index in [0.717, 1.165) is 10.6 Å². The van der Waals surface area contributed by atoms with Crippen LogP contribution in [0.2, 0.25) is 0 Å². The number of aliphatic carboxylic acids is 1. The van der Waals surface area contributed by atoms with E-state index < -0.39 is 17.9 Å². The maximum atomic E-state index is 12.3. The third kappa shape index (κ3) is 4.37. The van der Waals surface area contributed by atoms with E-state index in [0.29, 0.717) is 11.3 Å². The van der Waals surface area contributed by atoms with Crippen molar-refractivity contribution in [1.82, 2.24) is 10.3 Å². The SMILES string of the molecule is COCCC(NC(=O)c1ccc(-c2cccs2)nc1C)C(=O)O. The van der Waals surface area contributed by atoms with Gasteiger partial charge in [0.15, 0.2) is 0 Å². The molecule has 0 fully saturated rings.